The summed E-state index contributed by atoms with van der Waals surface area (Å²) in [5.41, 5.74) is 9.19. The van der Waals surface area contributed by atoms with Crippen molar-refractivity contribution < 1.29 is 5.11 Å². The van der Waals surface area contributed by atoms with Gasteiger partial charge in [-0.3, -0.25) is 0 Å². The summed E-state index contributed by atoms with van der Waals surface area (Å²) in [5.74, 6) is 0.331. The smallest absolute Gasteiger partial charge is 0.120 e. The fourth-order valence-electron chi connectivity index (χ4n) is 2.20. The molecule has 0 saturated heterocycles. The maximum atomic E-state index is 9.73. The highest BCUT2D eigenvalue weighted by molar-refractivity contribution is 5.59. The van der Waals surface area contributed by atoms with Crippen LogP contribution in [0.15, 0.2) is 18.7 Å². The van der Waals surface area contributed by atoms with Crippen molar-refractivity contribution in [3.63, 3.8) is 0 Å². The summed E-state index contributed by atoms with van der Waals surface area (Å²) in [5, 5.41) is 9.73. The topological polar surface area (TPSA) is 46.2 Å². The SMILES string of the molecule is C=Cc1ccc(O)c2c1CCC[C@@H]2N. The molecular formula is C12H15NO. The van der Waals surface area contributed by atoms with Crippen LogP contribution < -0.4 is 5.73 Å². The highest BCUT2D eigenvalue weighted by atomic mass is 16.3. The number of phenolic OH excluding ortho intramolecular Hbond substituents is 1. The molecule has 2 nitrogen and oxygen atoms in total. The molecule has 2 rings (SSSR count). The highest BCUT2D eigenvalue weighted by Crippen LogP contribution is 2.36. The molecule has 1 aliphatic rings. The quantitative estimate of drug-likeness (QED) is 0.712. The van der Waals surface area contributed by atoms with E-state index in [-0.39, 0.29) is 6.04 Å². The van der Waals surface area contributed by atoms with Crippen LogP contribution in [0.25, 0.3) is 6.08 Å². The summed E-state index contributed by atoms with van der Waals surface area (Å²) in [6, 6.07) is 3.60. The lowest BCUT2D eigenvalue weighted by Crippen LogP contribution is -2.18. The average molecular weight is 189 g/mol. The minimum Gasteiger partial charge on any atom is -0.508 e. The second-order valence-corrected chi connectivity index (χ2v) is 3.77. The maximum Gasteiger partial charge on any atom is 0.120 e. The third kappa shape index (κ3) is 1.32. The molecule has 0 aromatic heterocycles. The Morgan fingerprint density at radius 3 is 3.00 bits per heavy atom. The van der Waals surface area contributed by atoms with Gasteiger partial charge in [-0.2, -0.15) is 0 Å². The molecule has 1 aromatic carbocycles. The molecule has 0 radical (unpaired) electrons. The molecule has 0 amide bonds. The molecule has 14 heavy (non-hydrogen) atoms. The molecule has 1 aromatic rings. The molecule has 0 unspecified atom stereocenters. The van der Waals surface area contributed by atoms with E-state index in [0.717, 1.165) is 30.4 Å². The van der Waals surface area contributed by atoms with E-state index in [1.165, 1.54) is 5.56 Å². The van der Waals surface area contributed by atoms with E-state index in [2.05, 4.69) is 6.58 Å². The first kappa shape index (κ1) is 9.28. The van der Waals surface area contributed by atoms with Crippen LogP contribution in [0.3, 0.4) is 0 Å². The summed E-state index contributed by atoms with van der Waals surface area (Å²) >= 11 is 0. The monoisotopic (exact) mass is 189 g/mol. The van der Waals surface area contributed by atoms with Crippen LogP contribution in [0.1, 0.15) is 35.6 Å². The zero-order chi connectivity index (χ0) is 10.1. The van der Waals surface area contributed by atoms with Gasteiger partial charge in [0.25, 0.3) is 0 Å². The molecule has 74 valence electrons. The van der Waals surface area contributed by atoms with Gasteiger partial charge in [-0.15, -0.1) is 0 Å². The van der Waals surface area contributed by atoms with E-state index in [1.54, 1.807) is 6.07 Å². The van der Waals surface area contributed by atoms with Crippen molar-refractivity contribution in [1.82, 2.24) is 0 Å². The summed E-state index contributed by atoms with van der Waals surface area (Å²) in [4.78, 5) is 0. The van der Waals surface area contributed by atoms with E-state index in [4.69, 9.17) is 5.73 Å². The van der Waals surface area contributed by atoms with Crippen LogP contribution in [0, 0.1) is 0 Å². The fraction of sp³-hybridized carbons (Fsp3) is 0.333. The zero-order valence-electron chi connectivity index (χ0n) is 8.16. The Morgan fingerprint density at radius 2 is 2.29 bits per heavy atom. The number of nitrogens with two attached hydrogens (primary N) is 1. The molecule has 0 aliphatic heterocycles. The van der Waals surface area contributed by atoms with Gasteiger partial charge in [0.1, 0.15) is 5.75 Å². The van der Waals surface area contributed by atoms with Gasteiger partial charge in [0.15, 0.2) is 0 Å². The molecule has 2 heteroatoms. The number of rotatable bonds is 1. The van der Waals surface area contributed by atoms with Crippen LogP contribution in [0.2, 0.25) is 0 Å². The molecule has 0 fully saturated rings. The first-order valence-electron chi connectivity index (χ1n) is 4.97. The average Bonchev–Trinajstić information content (AvgIpc) is 2.18. The first-order valence-corrected chi connectivity index (χ1v) is 4.97. The Kier molecular flexibility index (Phi) is 2.30. The van der Waals surface area contributed by atoms with Gasteiger partial charge in [0.2, 0.25) is 0 Å². The Balaban J connectivity index is 2.63. The van der Waals surface area contributed by atoms with Crippen LogP contribution in [-0.2, 0) is 6.42 Å². The van der Waals surface area contributed by atoms with Crippen molar-refractivity contribution >= 4 is 6.08 Å². The Bertz CT molecular complexity index is 371. The van der Waals surface area contributed by atoms with Crippen LogP contribution >= 0.6 is 0 Å². The van der Waals surface area contributed by atoms with Gasteiger partial charge in [0, 0.05) is 11.6 Å². The van der Waals surface area contributed by atoms with Gasteiger partial charge in [-0.1, -0.05) is 18.7 Å². The molecule has 0 heterocycles. The Labute approximate surface area is 84.1 Å². The standard InChI is InChI=1S/C12H15NO/c1-2-8-6-7-11(14)12-9(8)4-3-5-10(12)13/h2,6-7,10,14H,1,3-5,13H2/t10-/m0/s1. The second kappa shape index (κ2) is 3.46. The lowest BCUT2D eigenvalue weighted by molar-refractivity contribution is 0.447. The van der Waals surface area contributed by atoms with E-state index < -0.39 is 0 Å². The minimum atomic E-state index is -0.0151. The van der Waals surface area contributed by atoms with Crippen LogP contribution in [-0.4, -0.2) is 5.11 Å². The second-order valence-electron chi connectivity index (χ2n) is 3.77. The third-order valence-corrected chi connectivity index (χ3v) is 2.90. The van der Waals surface area contributed by atoms with Crippen molar-refractivity contribution in [1.29, 1.82) is 0 Å². The van der Waals surface area contributed by atoms with Crippen LogP contribution in [0.5, 0.6) is 5.75 Å². The maximum absolute atomic E-state index is 9.73. The number of phenols is 1. The predicted molar refractivity (Wildman–Crippen MR) is 58.1 cm³/mol. The van der Waals surface area contributed by atoms with Crippen molar-refractivity contribution in [2.24, 2.45) is 5.73 Å². The Hall–Kier alpha value is -1.28. The van der Waals surface area contributed by atoms with E-state index in [9.17, 15) is 5.11 Å². The zero-order valence-corrected chi connectivity index (χ0v) is 8.16. The van der Waals surface area contributed by atoms with Gasteiger partial charge in [-0.25, -0.2) is 0 Å². The van der Waals surface area contributed by atoms with Crippen molar-refractivity contribution in [2.45, 2.75) is 25.3 Å². The van der Waals surface area contributed by atoms with Gasteiger partial charge in [0.05, 0.1) is 0 Å². The fourth-order valence-corrected chi connectivity index (χ4v) is 2.20. The third-order valence-electron chi connectivity index (χ3n) is 2.90. The normalized spacial score (nSPS) is 20.2. The molecule has 3 N–H and O–H groups in total. The number of hydrogen-bond donors (Lipinski definition) is 2. The number of hydrogen-bond acceptors (Lipinski definition) is 2. The number of aromatic hydroxyl groups is 1. The van der Waals surface area contributed by atoms with Crippen molar-refractivity contribution in [3.8, 4) is 5.75 Å². The van der Waals surface area contributed by atoms with Gasteiger partial charge in [-0.05, 0) is 36.5 Å². The van der Waals surface area contributed by atoms with Gasteiger partial charge >= 0.3 is 0 Å². The highest BCUT2D eigenvalue weighted by Gasteiger charge is 2.21. The largest absolute Gasteiger partial charge is 0.508 e. The molecule has 0 bridgehead atoms. The Morgan fingerprint density at radius 1 is 1.50 bits per heavy atom. The summed E-state index contributed by atoms with van der Waals surface area (Å²) in [6.45, 7) is 3.77. The molecule has 0 spiro atoms. The van der Waals surface area contributed by atoms with E-state index in [1.807, 2.05) is 12.1 Å². The van der Waals surface area contributed by atoms with Crippen LogP contribution in [0.4, 0.5) is 0 Å². The van der Waals surface area contributed by atoms with Crippen molar-refractivity contribution in [3.05, 3.63) is 35.4 Å². The summed E-state index contributed by atoms with van der Waals surface area (Å²) in [6.07, 6.45) is 4.88. The lowest BCUT2D eigenvalue weighted by atomic mass is 9.84. The summed E-state index contributed by atoms with van der Waals surface area (Å²) in [7, 11) is 0. The molecular weight excluding hydrogens is 174 g/mol. The van der Waals surface area contributed by atoms with E-state index in [0.29, 0.717) is 5.75 Å². The predicted octanol–water partition coefficient (Wildman–Crippen LogP) is 2.37. The minimum absolute atomic E-state index is 0.0151. The first-order chi connectivity index (χ1) is 6.74. The molecule has 0 saturated carbocycles. The number of benzene rings is 1. The summed E-state index contributed by atoms with van der Waals surface area (Å²) < 4.78 is 0. The molecule has 1 atom stereocenters. The lowest BCUT2D eigenvalue weighted by Gasteiger charge is -2.24. The van der Waals surface area contributed by atoms with E-state index >= 15 is 0 Å². The number of fused-ring (bicyclic) bond motifs is 1. The van der Waals surface area contributed by atoms with Gasteiger partial charge < -0.3 is 10.8 Å². The molecule has 1 aliphatic carbocycles. The van der Waals surface area contributed by atoms with Crippen molar-refractivity contribution in [2.75, 3.05) is 0 Å².